The van der Waals surface area contributed by atoms with Crippen molar-refractivity contribution >= 4 is 12.9 Å². The summed E-state index contributed by atoms with van der Waals surface area (Å²) in [5.41, 5.74) is 0. The minimum atomic E-state index is -3.15. The molecule has 1 atom stereocenters. The first-order valence-corrected chi connectivity index (χ1v) is 9.22. The molecule has 0 amide bonds. The first-order valence-electron chi connectivity index (χ1n) is 7.67. The van der Waals surface area contributed by atoms with Crippen LogP contribution in [0, 0.1) is 0 Å². The van der Waals surface area contributed by atoms with Crippen molar-refractivity contribution in [2.75, 3.05) is 13.2 Å². The summed E-state index contributed by atoms with van der Waals surface area (Å²) in [4.78, 5) is 0. The van der Waals surface area contributed by atoms with Crippen molar-refractivity contribution < 1.29 is 13.6 Å². The van der Waals surface area contributed by atoms with Gasteiger partial charge in [0, 0.05) is 0 Å². The molecule has 0 saturated heterocycles. The monoisotopic (exact) mass is 298 g/mol. The van der Waals surface area contributed by atoms with Crippen LogP contribution in [0.4, 0.5) is 0 Å². The molecule has 0 aliphatic heterocycles. The second-order valence-corrected chi connectivity index (χ2v) is 6.94. The Balaban J connectivity index is 2.57. The van der Waals surface area contributed by atoms with E-state index in [9.17, 15) is 4.57 Å². The molecule has 4 heteroatoms. The Hall–Kier alpha value is -0.630. The van der Waals surface area contributed by atoms with Crippen molar-refractivity contribution in [1.82, 2.24) is 0 Å². The lowest BCUT2D eigenvalue weighted by Crippen LogP contribution is -2.11. The molecular formula is C16H27O3P. The average molecular weight is 298 g/mol. The molecule has 20 heavy (non-hydrogen) atoms. The molecule has 0 heterocycles. The van der Waals surface area contributed by atoms with Gasteiger partial charge < -0.3 is 9.05 Å². The predicted octanol–water partition coefficient (Wildman–Crippen LogP) is 4.92. The summed E-state index contributed by atoms with van der Waals surface area (Å²) in [6.45, 7) is 5.24. The van der Waals surface area contributed by atoms with Crippen molar-refractivity contribution in [3.8, 4) is 0 Å². The van der Waals surface area contributed by atoms with Crippen molar-refractivity contribution in [2.45, 2.75) is 52.4 Å². The molecule has 0 aliphatic carbocycles. The number of hydrogen-bond donors (Lipinski definition) is 0. The third kappa shape index (κ3) is 6.21. The zero-order valence-electron chi connectivity index (χ0n) is 12.7. The number of unbranched alkanes of at least 4 members (excludes halogenated alkanes) is 4. The van der Waals surface area contributed by atoms with Gasteiger partial charge >= 0.3 is 7.60 Å². The highest BCUT2D eigenvalue weighted by Gasteiger charge is 2.26. The van der Waals surface area contributed by atoms with Gasteiger partial charge in [-0.15, -0.1) is 0 Å². The smallest absolute Gasteiger partial charge is 0.305 e. The molecule has 1 rings (SSSR count). The van der Waals surface area contributed by atoms with Crippen LogP contribution >= 0.6 is 7.60 Å². The molecule has 0 aliphatic rings. The molecule has 0 fully saturated rings. The summed E-state index contributed by atoms with van der Waals surface area (Å²) in [6.07, 6.45) is 6.34. The number of hydrogen-bond acceptors (Lipinski definition) is 3. The van der Waals surface area contributed by atoms with Crippen molar-refractivity contribution in [1.29, 1.82) is 0 Å². The molecule has 0 N–H and O–H groups in total. The van der Waals surface area contributed by atoms with Gasteiger partial charge in [-0.25, -0.2) is 0 Å². The number of benzene rings is 1. The van der Waals surface area contributed by atoms with Gasteiger partial charge in [-0.1, -0.05) is 57.7 Å². The predicted molar refractivity (Wildman–Crippen MR) is 84.6 cm³/mol. The fourth-order valence-corrected chi connectivity index (χ4v) is 3.49. The van der Waals surface area contributed by atoms with E-state index in [0.717, 1.165) is 25.7 Å². The Labute approximate surface area is 123 Å². The summed E-state index contributed by atoms with van der Waals surface area (Å²) >= 11 is 0. The van der Waals surface area contributed by atoms with E-state index in [2.05, 4.69) is 13.8 Å². The molecule has 0 spiro atoms. The topological polar surface area (TPSA) is 35.5 Å². The van der Waals surface area contributed by atoms with E-state index in [-0.39, 0.29) is 0 Å². The molecule has 0 bridgehead atoms. The third-order valence-electron chi connectivity index (χ3n) is 3.09. The quantitative estimate of drug-likeness (QED) is 0.430. The highest BCUT2D eigenvalue weighted by Crippen LogP contribution is 2.47. The second kappa shape index (κ2) is 10.1. The Morgan fingerprint density at radius 2 is 1.45 bits per heavy atom. The summed E-state index contributed by atoms with van der Waals surface area (Å²) in [6, 6.07) is 9.27. The van der Waals surface area contributed by atoms with E-state index in [1.54, 1.807) is 0 Å². The van der Waals surface area contributed by atoms with Crippen LogP contribution in [0.1, 0.15) is 52.4 Å². The summed E-state index contributed by atoms with van der Waals surface area (Å²) < 4.78 is 24.1. The lowest BCUT2D eigenvalue weighted by atomic mass is 10.2. The van der Waals surface area contributed by atoms with Crippen LogP contribution in [0.2, 0.25) is 0 Å². The van der Waals surface area contributed by atoms with E-state index >= 15 is 0 Å². The fourth-order valence-electron chi connectivity index (χ4n) is 1.84. The van der Waals surface area contributed by atoms with Crippen molar-refractivity contribution in [3.05, 3.63) is 30.3 Å². The van der Waals surface area contributed by atoms with Crippen LogP contribution in [0.15, 0.2) is 30.3 Å². The van der Waals surface area contributed by atoms with Crippen LogP contribution in [-0.4, -0.2) is 13.2 Å². The largest absolute Gasteiger partial charge is 0.361 e. The number of rotatable bonds is 11. The standard InChI is InChI=1S/C16H27O3P/c1-3-5-7-11-15-19-20(17,18-14-6-4-2)16-12-9-8-10-13-16/h8-10,12-13H,3-7,11,14-15H2,1-2H3. The molecule has 0 radical (unpaired) electrons. The molecule has 1 unspecified atom stereocenters. The molecule has 1 aromatic carbocycles. The normalized spacial score (nSPS) is 14.1. The zero-order valence-corrected chi connectivity index (χ0v) is 13.6. The van der Waals surface area contributed by atoms with Crippen LogP contribution in [0.5, 0.6) is 0 Å². The lowest BCUT2D eigenvalue weighted by Gasteiger charge is -2.18. The molecule has 1 aromatic rings. The van der Waals surface area contributed by atoms with Gasteiger partial charge in [0.2, 0.25) is 0 Å². The molecular weight excluding hydrogens is 271 g/mol. The Morgan fingerprint density at radius 1 is 0.850 bits per heavy atom. The Morgan fingerprint density at radius 3 is 2.05 bits per heavy atom. The minimum Gasteiger partial charge on any atom is -0.305 e. The fraction of sp³-hybridized carbons (Fsp3) is 0.625. The van der Waals surface area contributed by atoms with Crippen LogP contribution < -0.4 is 5.30 Å². The van der Waals surface area contributed by atoms with E-state index in [1.165, 1.54) is 12.8 Å². The van der Waals surface area contributed by atoms with Crippen LogP contribution in [-0.2, 0) is 13.6 Å². The van der Waals surface area contributed by atoms with Gasteiger partial charge in [0.25, 0.3) is 0 Å². The van der Waals surface area contributed by atoms with E-state index < -0.39 is 7.60 Å². The average Bonchev–Trinajstić information content (AvgIpc) is 2.48. The zero-order chi connectivity index (χ0) is 14.7. The molecule has 0 aromatic heterocycles. The van der Waals surface area contributed by atoms with E-state index in [4.69, 9.17) is 9.05 Å². The summed E-state index contributed by atoms with van der Waals surface area (Å²) in [7, 11) is -3.15. The highest BCUT2D eigenvalue weighted by atomic mass is 31.2. The van der Waals surface area contributed by atoms with E-state index in [1.807, 2.05) is 30.3 Å². The molecule has 3 nitrogen and oxygen atoms in total. The lowest BCUT2D eigenvalue weighted by molar-refractivity contribution is 0.207. The van der Waals surface area contributed by atoms with Gasteiger partial charge in [-0.2, -0.15) is 0 Å². The Bertz CT molecular complexity index is 392. The van der Waals surface area contributed by atoms with E-state index in [0.29, 0.717) is 18.5 Å². The van der Waals surface area contributed by atoms with Gasteiger partial charge in [-0.3, -0.25) is 4.57 Å². The van der Waals surface area contributed by atoms with Gasteiger partial charge in [0.1, 0.15) is 0 Å². The first-order chi connectivity index (χ1) is 9.73. The molecule has 0 saturated carbocycles. The van der Waals surface area contributed by atoms with Crippen LogP contribution in [0.25, 0.3) is 0 Å². The van der Waals surface area contributed by atoms with Crippen molar-refractivity contribution in [2.24, 2.45) is 0 Å². The SMILES string of the molecule is CCCCCCOP(=O)(OCCCC)c1ccccc1. The van der Waals surface area contributed by atoms with Crippen molar-refractivity contribution in [3.63, 3.8) is 0 Å². The maximum Gasteiger partial charge on any atom is 0.361 e. The summed E-state index contributed by atoms with van der Waals surface area (Å²) in [5, 5.41) is 0.659. The second-order valence-electron chi connectivity index (χ2n) is 4.91. The summed E-state index contributed by atoms with van der Waals surface area (Å²) in [5.74, 6) is 0. The van der Waals surface area contributed by atoms with Gasteiger partial charge in [0.15, 0.2) is 0 Å². The first kappa shape index (κ1) is 17.4. The third-order valence-corrected chi connectivity index (χ3v) is 5.07. The minimum absolute atomic E-state index is 0.484. The van der Waals surface area contributed by atoms with Crippen LogP contribution in [0.3, 0.4) is 0 Å². The van der Waals surface area contributed by atoms with Gasteiger partial charge in [0.05, 0.1) is 18.5 Å². The maximum absolute atomic E-state index is 12.9. The highest BCUT2D eigenvalue weighted by molar-refractivity contribution is 7.62. The maximum atomic E-state index is 12.9. The van der Waals surface area contributed by atoms with Gasteiger partial charge in [-0.05, 0) is 25.0 Å². The molecule has 114 valence electrons. The Kier molecular flexibility index (Phi) is 8.84.